The number of aliphatic hydroxyl groups excluding tert-OH is 2. The molecule has 0 saturated heterocycles. The lowest BCUT2D eigenvalue weighted by Crippen LogP contribution is -1.99. The van der Waals surface area contributed by atoms with Crippen molar-refractivity contribution in [3.05, 3.63) is 47.5 Å². The predicted molar refractivity (Wildman–Crippen MR) is 100 cm³/mol. The van der Waals surface area contributed by atoms with Gasteiger partial charge in [-0.3, -0.25) is 0 Å². The normalized spacial score (nSPS) is 12.4. The molecule has 0 bridgehead atoms. The third-order valence-corrected chi connectivity index (χ3v) is 4.81. The smallest absolute Gasteiger partial charge is 0.231 e. The molecule has 2 N–H and O–H groups in total. The van der Waals surface area contributed by atoms with Gasteiger partial charge >= 0.3 is 0 Å². The van der Waals surface area contributed by atoms with Crippen LogP contribution in [0.4, 0.5) is 0 Å². The first-order chi connectivity index (χ1) is 13.2. The number of methoxy groups -OCH3 is 2. The summed E-state index contributed by atoms with van der Waals surface area (Å²) in [5.41, 5.74) is 3.14. The molecule has 6 nitrogen and oxygen atoms in total. The summed E-state index contributed by atoms with van der Waals surface area (Å²) in [7, 11) is 3.15. The van der Waals surface area contributed by atoms with Gasteiger partial charge in [0.1, 0.15) is 0 Å². The number of aliphatic hydroxyl groups is 2. The van der Waals surface area contributed by atoms with Crippen molar-refractivity contribution in [3.63, 3.8) is 0 Å². The van der Waals surface area contributed by atoms with E-state index in [0.717, 1.165) is 21.9 Å². The fourth-order valence-corrected chi connectivity index (χ4v) is 3.53. The van der Waals surface area contributed by atoms with Crippen LogP contribution in [0.1, 0.15) is 11.1 Å². The topological polar surface area (TPSA) is 77.4 Å². The molecule has 0 amide bonds. The summed E-state index contributed by atoms with van der Waals surface area (Å²) >= 11 is 0. The van der Waals surface area contributed by atoms with Crippen molar-refractivity contribution in [2.45, 2.75) is 13.2 Å². The number of rotatable bonds is 5. The van der Waals surface area contributed by atoms with Crippen molar-refractivity contribution < 1.29 is 29.2 Å². The number of benzene rings is 3. The first kappa shape index (κ1) is 17.5. The molecular weight excluding hydrogens is 348 g/mol. The van der Waals surface area contributed by atoms with E-state index in [-0.39, 0.29) is 20.0 Å². The van der Waals surface area contributed by atoms with Crippen LogP contribution < -0.4 is 18.9 Å². The SMILES string of the molecule is COc1cc2c(CO)cc(CO)c(-c3ccc4c(c3)OCO4)c2cc1OC. The molecule has 3 aromatic carbocycles. The van der Waals surface area contributed by atoms with E-state index in [1.165, 1.54) is 0 Å². The average molecular weight is 368 g/mol. The minimum Gasteiger partial charge on any atom is -0.493 e. The molecular formula is C21H20O6. The zero-order valence-corrected chi connectivity index (χ0v) is 15.1. The molecule has 0 unspecified atom stereocenters. The van der Waals surface area contributed by atoms with Gasteiger partial charge < -0.3 is 29.2 Å². The molecule has 0 aromatic heterocycles. The van der Waals surface area contributed by atoms with Crippen LogP contribution in [-0.2, 0) is 13.2 Å². The van der Waals surface area contributed by atoms with Crippen LogP contribution in [0.3, 0.4) is 0 Å². The molecule has 0 radical (unpaired) electrons. The fourth-order valence-electron chi connectivity index (χ4n) is 3.53. The Labute approximate surface area is 156 Å². The highest BCUT2D eigenvalue weighted by Gasteiger charge is 2.20. The third kappa shape index (κ3) is 2.83. The van der Waals surface area contributed by atoms with Crippen LogP contribution in [0.5, 0.6) is 23.0 Å². The van der Waals surface area contributed by atoms with E-state index in [1.54, 1.807) is 14.2 Å². The fraction of sp³-hybridized carbons (Fsp3) is 0.238. The molecule has 0 saturated carbocycles. The van der Waals surface area contributed by atoms with Crippen molar-refractivity contribution >= 4 is 10.8 Å². The monoisotopic (exact) mass is 368 g/mol. The first-order valence-corrected chi connectivity index (χ1v) is 8.52. The summed E-state index contributed by atoms with van der Waals surface area (Å²) in [5.74, 6) is 2.51. The second-order valence-electron chi connectivity index (χ2n) is 6.21. The van der Waals surface area contributed by atoms with Gasteiger partial charge in [0.2, 0.25) is 6.79 Å². The molecule has 6 heteroatoms. The Morgan fingerprint density at radius 1 is 0.815 bits per heavy atom. The van der Waals surface area contributed by atoms with Crippen LogP contribution in [0.2, 0.25) is 0 Å². The number of hydrogen-bond donors (Lipinski definition) is 2. The maximum absolute atomic E-state index is 9.99. The number of fused-ring (bicyclic) bond motifs is 2. The van der Waals surface area contributed by atoms with E-state index in [0.29, 0.717) is 34.1 Å². The van der Waals surface area contributed by atoms with Crippen molar-refractivity contribution in [2.75, 3.05) is 21.0 Å². The molecule has 0 aliphatic carbocycles. The summed E-state index contributed by atoms with van der Waals surface area (Å²) in [6, 6.07) is 11.2. The lowest BCUT2D eigenvalue weighted by atomic mass is 9.90. The molecule has 1 aliphatic rings. The summed E-state index contributed by atoms with van der Waals surface area (Å²) in [6.07, 6.45) is 0. The zero-order chi connectivity index (χ0) is 19.0. The van der Waals surface area contributed by atoms with E-state index in [9.17, 15) is 10.2 Å². The highest BCUT2D eigenvalue weighted by Crippen LogP contribution is 2.43. The summed E-state index contributed by atoms with van der Waals surface area (Å²) in [5, 5.41) is 21.5. The van der Waals surface area contributed by atoms with E-state index in [4.69, 9.17) is 18.9 Å². The predicted octanol–water partition coefficient (Wildman–Crippen LogP) is 3.24. The Morgan fingerprint density at radius 3 is 2.15 bits per heavy atom. The lowest BCUT2D eigenvalue weighted by Gasteiger charge is -2.18. The first-order valence-electron chi connectivity index (χ1n) is 8.52. The van der Waals surface area contributed by atoms with Gasteiger partial charge in [0.15, 0.2) is 23.0 Å². The molecule has 0 spiro atoms. The Hall–Kier alpha value is -2.96. The van der Waals surface area contributed by atoms with Crippen LogP contribution >= 0.6 is 0 Å². The Bertz CT molecular complexity index is 1010. The second-order valence-corrected chi connectivity index (χ2v) is 6.21. The number of hydrogen-bond acceptors (Lipinski definition) is 6. The third-order valence-electron chi connectivity index (χ3n) is 4.81. The highest BCUT2D eigenvalue weighted by molar-refractivity contribution is 6.02. The summed E-state index contributed by atoms with van der Waals surface area (Å²) in [6.45, 7) is -0.123. The van der Waals surface area contributed by atoms with Gasteiger partial charge in [0.25, 0.3) is 0 Å². The maximum Gasteiger partial charge on any atom is 0.231 e. The second kappa shape index (κ2) is 6.98. The highest BCUT2D eigenvalue weighted by atomic mass is 16.7. The Balaban J connectivity index is 2.06. The van der Waals surface area contributed by atoms with Gasteiger partial charge in [-0.05, 0) is 63.4 Å². The quantitative estimate of drug-likeness (QED) is 0.720. The molecule has 0 atom stereocenters. The molecule has 1 heterocycles. The minimum absolute atomic E-state index is 0.152. The lowest BCUT2D eigenvalue weighted by molar-refractivity contribution is 0.174. The zero-order valence-electron chi connectivity index (χ0n) is 15.1. The van der Waals surface area contributed by atoms with E-state index >= 15 is 0 Å². The maximum atomic E-state index is 9.99. The molecule has 3 aromatic rings. The van der Waals surface area contributed by atoms with E-state index in [2.05, 4.69) is 0 Å². The Kier molecular flexibility index (Phi) is 4.51. The van der Waals surface area contributed by atoms with Crippen LogP contribution in [0, 0.1) is 0 Å². The summed E-state index contributed by atoms with van der Waals surface area (Å²) < 4.78 is 21.8. The van der Waals surface area contributed by atoms with Gasteiger partial charge in [-0.15, -0.1) is 0 Å². The Morgan fingerprint density at radius 2 is 1.48 bits per heavy atom. The van der Waals surface area contributed by atoms with E-state index < -0.39 is 0 Å². The van der Waals surface area contributed by atoms with Crippen molar-refractivity contribution in [3.8, 4) is 34.1 Å². The summed E-state index contributed by atoms with van der Waals surface area (Å²) in [4.78, 5) is 0. The molecule has 0 fully saturated rings. The van der Waals surface area contributed by atoms with E-state index in [1.807, 2.05) is 36.4 Å². The molecule has 1 aliphatic heterocycles. The van der Waals surface area contributed by atoms with Gasteiger partial charge in [0, 0.05) is 0 Å². The van der Waals surface area contributed by atoms with Gasteiger partial charge in [-0.25, -0.2) is 0 Å². The standard InChI is InChI=1S/C21H20O6/c1-24-18-7-15-13(9-22)5-14(10-23)21(16(15)8-19(18)25-2)12-3-4-17-20(6-12)27-11-26-17/h3-8,22-23H,9-11H2,1-2H3. The molecule has 4 rings (SSSR count). The largest absolute Gasteiger partial charge is 0.493 e. The van der Waals surface area contributed by atoms with Crippen molar-refractivity contribution in [1.82, 2.24) is 0 Å². The molecule has 140 valence electrons. The average Bonchev–Trinajstić information content (AvgIpc) is 3.19. The van der Waals surface area contributed by atoms with Crippen molar-refractivity contribution in [1.29, 1.82) is 0 Å². The van der Waals surface area contributed by atoms with Crippen molar-refractivity contribution in [2.24, 2.45) is 0 Å². The van der Waals surface area contributed by atoms with Crippen LogP contribution in [0.15, 0.2) is 36.4 Å². The minimum atomic E-state index is -0.166. The molecule has 27 heavy (non-hydrogen) atoms. The van der Waals surface area contributed by atoms with Crippen LogP contribution in [0.25, 0.3) is 21.9 Å². The van der Waals surface area contributed by atoms with Gasteiger partial charge in [0.05, 0.1) is 27.4 Å². The van der Waals surface area contributed by atoms with Gasteiger partial charge in [-0.1, -0.05) is 6.07 Å². The van der Waals surface area contributed by atoms with Gasteiger partial charge in [-0.2, -0.15) is 0 Å². The van der Waals surface area contributed by atoms with Crippen LogP contribution in [-0.4, -0.2) is 31.2 Å². The number of ether oxygens (including phenoxy) is 4.